The second-order valence-electron chi connectivity index (χ2n) is 4.68. The Balaban J connectivity index is 1.79. The van der Waals surface area contributed by atoms with Crippen LogP contribution in [0, 0.1) is 0 Å². The van der Waals surface area contributed by atoms with Crippen molar-refractivity contribution in [3.63, 3.8) is 0 Å². The number of nitrogens with one attached hydrogen (secondary N) is 2. The number of aromatic amines is 1. The summed E-state index contributed by atoms with van der Waals surface area (Å²) in [5.74, 6) is -0.679. The fraction of sp³-hybridized carbons (Fsp3) is 0. The molecule has 0 saturated carbocycles. The van der Waals surface area contributed by atoms with Crippen molar-refractivity contribution in [3.05, 3.63) is 75.2 Å². The highest BCUT2D eigenvalue weighted by Gasteiger charge is 2.12. The van der Waals surface area contributed by atoms with Crippen molar-refractivity contribution < 1.29 is 4.79 Å². The second-order valence-corrected chi connectivity index (χ2v) is 5.12. The molecule has 1 aromatic heterocycles. The largest absolute Gasteiger partial charge is 0.319 e. The monoisotopic (exact) mass is 326 g/mol. The lowest BCUT2D eigenvalue weighted by atomic mass is 10.2. The first-order valence-electron chi connectivity index (χ1n) is 6.71. The van der Waals surface area contributed by atoms with E-state index in [1.807, 2.05) is 0 Å². The van der Waals surface area contributed by atoms with Gasteiger partial charge in [-0.15, -0.1) is 0 Å². The normalized spacial score (nSPS) is 11.0. The van der Waals surface area contributed by atoms with Crippen molar-refractivity contribution >= 4 is 34.8 Å². The molecule has 114 valence electrons. The summed E-state index contributed by atoms with van der Waals surface area (Å²) in [6.45, 7) is 0. The molecule has 2 N–H and O–H groups in total. The first-order chi connectivity index (χ1) is 11.1. The molecule has 3 rings (SSSR count). The maximum atomic E-state index is 12.0. The number of benzene rings is 2. The number of nitrogens with zero attached hydrogens (tertiary/aromatic N) is 2. The number of hydrogen-bond acceptors (Lipinski definition) is 4. The third-order valence-corrected chi connectivity index (χ3v) is 3.32. The molecular formula is C16H11ClN4O2. The van der Waals surface area contributed by atoms with E-state index in [0.29, 0.717) is 16.1 Å². The number of rotatable bonds is 3. The van der Waals surface area contributed by atoms with E-state index >= 15 is 0 Å². The van der Waals surface area contributed by atoms with Crippen molar-refractivity contribution in [2.24, 2.45) is 5.10 Å². The van der Waals surface area contributed by atoms with E-state index in [9.17, 15) is 9.59 Å². The maximum Gasteiger partial charge on any atom is 0.295 e. The molecule has 0 atom stereocenters. The zero-order chi connectivity index (χ0) is 16.2. The van der Waals surface area contributed by atoms with E-state index < -0.39 is 11.5 Å². The lowest BCUT2D eigenvalue weighted by molar-refractivity contribution is 0.0949. The minimum absolute atomic E-state index is 0.239. The van der Waals surface area contributed by atoms with Crippen molar-refractivity contribution in [1.29, 1.82) is 0 Å². The smallest absolute Gasteiger partial charge is 0.295 e. The van der Waals surface area contributed by atoms with Gasteiger partial charge in [-0.3, -0.25) is 9.59 Å². The van der Waals surface area contributed by atoms with Gasteiger partial charge in [0.25, 0.3) is 11.5 Å². The summed E-state index contributed by atoms with van der Waals surface area (Å²) in [5.41, 5.74) is 3.33. The average molecular weight is 327 g/mol. The number of halogens is 1. The third kappa shape index (κ3) is 3.44. The highest BCUT2D eigenvalue weighted by atomic mass is 35.5. The molecule has 23 heavy (non-hydrogen) atoms. The van der Waals surface area contributed by atoms with Crippen molar-refractivity contribution in [2.75, 3.05) is 0 Å². The Labute approximate surface area is 135 Å². The van der Waals surface area contributed by atoms with Crippen LogP contribution in [-0.2, 0) is 0 Å². The van der Waals surface area contributed by atoms with Crippen LogP contribution in [0.1, 0.15) is 16.1 Å². The zero-order valence-corrected chi connectivity index (χ0v) is 12.5. The molecule has 7 heteroatoms. The third-order valence-electron chi connectivity index (χ3n) is 3.06. The van der Waals surface area contributed by atoms with E-state index in [0.717, 1.165) is 5.56 Å². The topological polar surface area (TPSA) is 87.2 Å². The second kappa shape index (κ2) is 6.41. The van der Waals surface area contributed by atoms with Gasteiger partial charge in [-0.25, -0.2) is 10.4 Å². The number of hydrogen-bond donors (Lipinski definition) is 2. The Hall–Kier alpha value is -2.99. The van der Waals surface area contributed by atoms with Crippen LogP contribution >= 0.6 is 11.6 Å². The fourth-order valence-corrected chi connectivity index (χ4v) is 2.08. The molecule has 2 aromatic carbocycles. The molecule has 0 radical (unpaired) electrons. The predicted octanol–water partition coefficient (Wildman–Crippen LogP) is 2.34. The Bertz CT molecular complexity index is 948. The zero-order valence-electron chi connectivity index (χ0n) is 11.8. The molecule has 6 nitrogen and oxygen atoms in total. The van der Waals surface area contributed by atoms with E-state index in [2.05, 4.69) is 20.5 Å². The quantitative estimate of drug-likeness (QED) is 0.572. The highest BCUT2D eigenvalue weighted by molar-refractivity contribution is 6.30. The molecule has 0 unspecified atom stereocenters. The van der Waals surface area contributed by atoms with Gasteiger partial charge in [0.2, 0.25) is 0 Å². The van der Waals surface area contributed by atoms with E-state index in [1.165, 1.54) is 6.21 Å². The van der Waals surface area contributed by atoms with Crippen LogP contribution in [0.25, 0.3) is 11.0 Å². The van der Waals surface area contributed by atoms with E-state index in [-0.39, 0.29) is 5.69 Å². The molecule has 0 aliphatic rings. The van der Waals surface area contributed by atoms with Gasteiger partial charge in [-0.05, 0) is 29.8 Å². The number of H-pyrrole nitrogens is 1. The molecular weight excluding hydrogens is 316 g/mol. The van der Waals surface area contributed by atoms with Gasteiger partial charge in [0.1, 0.15) is 0 Å². The SMILES string of the molecule is O=C(N/N=C\c1ccc(Cl)cc1)c1nc2ccccc2[nH]c1=O. The average Bonchev–Trinajstić information content (AvgIpc) is 2.56. The number of carbonyl (C=O) groups is 1. The van der Waals surface area contributed by atoms with Gasteiger partial charge in [-0.2, -0.15) is 5.10 Å². The van der Waals surface area contributed by atoms with Crippen LogP contribution in [0.4, 0.5) is 0 Å². The predicted molar refractivity (Wildman–Crippen MR) is 88.9 cm³/mol. The molecule has 0 saturated heterocycles. The first-order valence-corrected chi connectivity index (χ1v) is 7.09. The van der Waals surface area contributed by atoms with Gasteiger partial charge >= 0.3 is 0 Å². The molecule has 0 aliphatic carbocycles. The van der Waals surface area contributed by atoms with Crippen LogP contribution in [0.2, 0.25) is 5.02 Å². The summed E-state index contributed by atoms with van der Waals surface area (Å²) in [6.07, 6.45) is 1.45. The highest BCUT2D eigenvalue weighted by Crippen LogP contribution is 2.08. The van der Waals surface area contributed by atoms with Crippen molar-refractivity contribution in [1.82, 2.24) is 15.4 Å². The van der Waals surface area contributed by atoms with Crippen LogP contribution in [-0.4, -0.2) is 22.1 Å². The summed E-state index contributed by atoms with van der Waals surface area (Å²) in [6, 6.07) is 13.9. The lowest BCUT2D eigenvalue weighted by Crippen LogP contribution is -2.28. The number of fused-ring (bicyclic) bond motifs is 1. The molecule has 3 aromatic rings. The minimum Gasteiger partial charge on any atom is -0.319 e. The number of para-hydroxylation sites is 2. The standard InChI is InChI=1S/C16H11ClN4O2/c17-11-7-5-10(6-8-11)9-18-21-16(23)14-15(22)20-13-4-2-1-3-12(13)19-14/h1-9H,(H,20,22)(H,21,23)/b18-9-. The first kappa shape index (κ1) is 14.9. The number of amides is 1. The lowest BCUT2D eigenvalue weighted by Gasteiger charge is -2.01. The summed E-state index contributed by atoms with van der Waals surface area (Å²) in [4.78, 5) is 30.6. The van der Waals surface area contributed by atoms with Gasteiger partial charge in [0, 0.05) is 5.02 Å². The van der Waals surface area contributed by atoms with Crippen LogP contribution in [0.5, 0.6) is 0 Å². The van der Waals surface area contributed by atoms with Crippen LogP contribution in [0.15, 0.2) is 58.4 Å². The number of hydrazone groups is 1. The van der Waals surface area contributed by atoms with Crippen LogP contribution in [0.3, 0.4) is 0 Å². The van der Waals surface area contributed by atoms with Gasteiger partial charge in [0.15, 0.2) is 5.69 Å². The molecule has 1 amide bonds. The number of carbonyl (C=O) groups excluding carboxylic acids is 1. The Kier molecular flexibility index (Phi) is 4.16. The van der Waals surface area contributed by atoms with E-state index in [1.54, 1.807) is 48.5 Å². The molecule has 0 bridgehead atoms. The Morgan fingerprint density at radius 1 is 1.17 bits per heavy atom. The fourth-order valence-electron chi connectivity index (χ4n) is 1.95. The minimum atomic E-state index is -0.679. The van der Waals surface area contributed by atoms with Gasteiger partial charge in [0.05, 0.1) is 17.2 Å². The van der Waals surface area contributed by atoms with E-state index in [4.69, 9.17) is 11.6 Å². The molecule has 1 heterocycles. The number of aromatic nitrogens is 2. The Morgan fingerprint density at radius 3 is 2.70 bits per heavy atom. The molecule has 0 fully saturated rings. The molecule has 0 spiro atoms. The Morgan fingerprint density at radius 2 is 1.91 bits per heavy atom. The summed E-state index contributed by atoms with van der Waals surface area (Å²) in [7, 11) is 0. The van der Waals surface area contributed by atoms with Gasteiger partial charge in [-0.1, -0.05) is 35.9 Å². The molecule has 0 aliphatic heterocycles. The van der Waals surface area contributed by atoms with Gasteiger partial charge < -0.3 is 4.98 Å². The maximum absolute atomic E-state index is 12.0. The van der Waals surface area contributed by atoms with Crippen LogP contribution < -0.4 is 11.0 Å². The summed E-state index contributed by atoms with van der Waals surface area (Å²) < 4.78 is 0. The van der Waals surface area contributed by atoms with Crippen molar-refractivity contribution in [2.45, 2.75) is 0 Å². The summed E-state index contributed by atoms with van der Waals surface area (Å²) >= 11 is 5.78. The van der Waals surface area contributed by atoms with Crippen molar-refractivity contribution in [3.8, 4) is 0 Å². The summed E-state index contributed by atoms with van der Waals surface area (Å²) in [5, 5.41) is 4.42.